The van der Waals surface area contributed by atoms with Gasteiger partial charge in [-0.15, -0.1) is 0 Å². The molecule has 2 atom stereocenters. The van der Waals surface area contributed by atoms with Crippen LogP contribution in [0.5, 0.6) is 11.5 Å². The molecule has 112 valence electrons. The minimum atomic E-state index is 0.124. The van der Waals surface area contributed by atoms with Crippen molar-refractivity contribution in [2.75, 3.05) is 26.7 Å². The molecular weight excluding hydrogens is 252 g/mol. The van der Waals surface area contributed by atoms with Gasteiger partial charge in [-0.2, -0.15) is 0 Å². The Morgan fingerprint density at radius 2 is 2.00 bits per heavy atom. The fourth-order valence-corrected chi connectivity index (χ4v) is 2.94. The minimum Gasteiger partial charge on any atom is -0.507 e. The number of phenolic OH excluding ortho intramolecular Hbond substituents is 1. The Morgan fingerprint density at radius 3 is 2.60 bits per heavy atom. The normalized spacial score (nSPS) is 18.9. The molecule has 0 aromatic heterocycles. The Kier molecular flexibility index (Phi) is 5.26. The lowest BCUT2D eigenvalue weighted by Gasteiger charge is -2.25. The van der Waals surface area contributed by atoms with E-state index in [1.165, 1.54) is 25.9 Å². The van der Waals surface area contributed by atoms with Gasteiger partial charge in [0.25, 0.3) is 0 Å². The van der Waals surface area contributed by atoms with Gasteiger partial charge >= 0.3 is 0 Å². The van der Waals surface area contributed by atoms with Crippen LogP contribution < -0.4 is 10.1 Å². The SMILES string of the molecule is COc1ccc(C(C)NC(C)CN2CCCC2)c(O)c1. The van der Waals surface area contributed by atoms with Gasteiger partial charge in [-0.05, 0) is 45.8 Å². The van der Waals surface area contributed by atoms with E-state index >= 15 is 0 Å². The van der Waals surface area contributed by atoms with Crippen molar-refractivity contribution in [3.8, 4) is 11.5 Å². The second-order valence-electron chi connectivity index (χ2n) is 5.72. The van der Waals surface area contributed by atoms with Gasteiger partial charge in [-0.1, -0.05) is 6.07 Å². The first-order chi connectivity index (χ1) is 9.60. The van der Waals surface area contributed by atoms with E-state index in [2.05, 4.69) is 24.1 Å². The van der Waals surface area contributed by atoms with E-state index in [-0.39, 0.29) is 11.8 Å². The molecule has 2 rings (SSSR count). The lowest BCUT2D eigenvalue weighted by Crippen LogP contribution is -2.39. The van der Waals surface area contributed by atoms with Crippen LogP contribution in [0.15, 0.2) is 18.2 Å². The first-order valence-corrected chi connectivity index (χ1v) is 7.45. The molecule has 1 fully saturated rings. The summed E-state index contributed by atoms with van der Waals surface area (Å²) in [6, 6.07) is 6.01. The van der Waals surface area contributed by atoms with Crippen molar-refractivity contribution in [1.82, 2.24) is 10.2 Å². The highest BCUT2D eigenvalue weighted by molar-refractivity contribution is 5.41. The van der Waals surface area contributed by atoms with Gasteiger partial charge in [-0.3, -0.25) is 0 Å². The number of likely N-dealkylation sites (tertiary alicyclic amines) is 1. The van der Waals surface area contributed by atoms with Crippen molar-refractivity contribution in [1.29, 1.82) is 0 Å². The molecule has 0 radical (unpaired) electrons. The number of rotatable bonds is 6. The third-order valence-electron chi connectivity index (χ3n) is 3.97. The van der Waals surface area contributed by atoms with Crippen molar-refractivity contribution in [3.05, 3.63) is 23.8 Å². The number of aromatic hydroxyl groups is 1. The average Bonchev–Trinajstić information content (AvgIpc) is 2.90. The summed E-state index contributed by atoms with van der Waals surface area (Å²) in [5.74, 6) is 0.973. The van der Waals surface area contributed by atoms with Crippen LogP contribution in [0.2, 0.25) is 0 Å². The van der Waals surface area contributed by atoms with Gasteiger partial charge in [-0.25, -0.2) is 0 Å². The molecule has 1 saturated heterocycles. The van der Waals surface area contributed by atoms with Gasteiger partial charge in [0, 0.05) is 30.3 Å². The molecule has 1 aromatic rings. The molecule has 4 nitrogen and oxygen atoms in total. The number of nitrogens with one attached hydrogen (secondary N) is 1. The van der Waals surface area contributed by atoms with E-state index in [1.54, 1.807) is 13.2 Å². The van der Waals surface area contributed by atoms with E-state index in [1.807, 2.05) is 12.1 Å². The number of nitrogens with zero attached hydrogens (tertiary/aromatic N) is 1. The zero-order chi connectivity index (χ0) is 14.5. The lowest BCUT2D eigenvalue weighted by molar-refractivity contribution is 0.288. The van der Waals surface area contributed by atoms with E-state index in [4.69, 9.17) is 4.74 Å². The Hall–Kier alpha value is -1.26. The standard InChI is InChI=1S/C16H26N2O2/c1-12(11-18-8-4-5-9-18)17-13(2)15-7-6-14(20-3)10-16(15)19/h6-7,10,12-13,17,19H,4-5,8-9,11H2,1-3H3. The van der Waals surface area contributed by atoms with Crippen molar-refractivity contribution in [2.24, 2.45) is 0 Å². The first kappa shape index (κ1) is 15.1. The molecule has 4 heteroatoms. The quantitative estimate of drug-likeness (QED) is 0.839. The molecular formula is C16H26N2O2. The largest absolute Gasteiger partial charge is 0.507 e. The fraction of sp³-hybridized carbons (Fsp3) is 0.625. The van der Waals surface area contributed by atoms with Crippen LogP contribution >= 0.6 is 0 Å². The predicted octanol–water partition coefficient (Wildman–Crippen LogP) is 2.54. The monoisotopic (exact) mass is 278 g/mol. The summed E-state index contributed by atoms with van der Waals surface area (Å²) in [7, 11) is 1.61. The summed E-state index contributed by atoms with van der Waals surface area (Å²) in [5.41, 5.74) is 0.916. The number of hydrogen-bond donors (Lipinski definition) is 2. The summed E-state index contributed by atoms with van der Waals surface area (Å²) < 4.78 is 5.11. The smallest absolute Gasteiger partial charge is 0.124 e. The minimum absolute atomic E-state index is 0.124. The zero-order valence-electron chi connectivity index (χ0n) is 12.7. The molecule has 0 amide bonds. The van der Waals surface area contributed by atoms with E-state index in [0.29, 0.717) is 11.8 Å². The third-order valence-corrected chi connectivity index (χ3v) is 3.97. The summed E-state index contributed by atoms with van der Waals surface area (Å²) in [5, 5.41) is 13.6. The average molecular weight is 278 g/mol. The van der Waals surface area contributed by atoms with Gasteiger partial charge in [0.2, 0.25) is 0 Å². The second kappa shape index (κ2) is 6.95. The van der Waals surface area contributed by atoms with Gasteiger partial charge < -0.3 is 20.1 Å². The molecule has 0 aliphatic carbocycles. The molecule has 2 N–H and O–H groups in total. The summed E-state index contributed by atoms with van der Waals surface area (Å²) in [4.78, 5) is 2.50. The van der Waals surface area contributed by atoms with Crippen LogP contribution in [-0.4, -0.2) is 42.8 Å². The molecule has 0 bridgehead atoms. The van der Waals surface area contributed by atoms with Crippen LogP contribution in [0, 0.1) is 0 Å². The van der Waals surface area contributed by atoms with Crippen LogP contribution in [0.1, 0.15) is 38.3 Å². The first-order valence-electron chi connectivity index (χ1n) is 7.45. The third kappa shape index (κ3) is 3.87. The Balaban J connectivity index is 1.91. The maximum absolute atomic E-state index is 10.1. The predicted molar refractivity (Wildman–Crippen MR) is 81.3 cm³/mol. The fourth-order valence-electron chi connectivity index (χ4n) is 2.94. The highest BCUT2D eigenvalue weighted by Crippen LogP contribution is 2.28. The van der Waals surface area contributed by atoms with Crippen molar-refractivity contribution in [2.45, 2.75) is 38.8 Å². The van der Waals surface area contributed by atoms with Crippen LogP contribution in [0.4, 0.5) is 0 Å². The Morgan fingerprint density at radius 1 is 1.30 bits per heavy atom. The van der Waals surface area contributed by atoms with Crippen LogP contribution in [0.25, 0.3) is 0 Å². The van der Waals surface area contributed by atoms with Crippen molar-refractivity contribution in [3.63, 3.8) is 0 Å². The van der Waals surface area contributed by atoms with E-state index in [9.17, 15) is 5.11 Å². The maximum atomic E-state index is 10.1. The lowest BCUT2D eigenvalue weighted by atomic mass is 10.1. The number of hydrogen-bond acceptors (Lipinski definition) is 4. The Bertz CT molecular complexity index is 430. The van der Waals surface area contributed by atoms with Gasteiger partial charge in [0.05, 0.1) is 7.11 Å². The molecule has 1 aromatic carbocycles. The highest BCUT2D eigenvalue weighted by atomic mass is 16.5. The summed E-state index contributed by atoms with van der Waals surface area (Å²) in [6.07, 6.45) is 2.64. The number of methoxy groups -OCH3 is 1. The summed E-state index contributed by atoms with van der Waals surface area (Å²) >= 11 is 0. The van der Waals surface area contributed by atoms with E-state index in [0.717, 1.165) is 12.1 Å². The molecule has 0 spiro atoms. The van der Waals surface area contributed by atoms with Crippen molar-refractivity contribution >= 4 is 0 Å². The topological polar surface area (TPSA) is 44.7 Å². The molecule has 2 unspecified atom stereocenters. The number of ether oxygens (including phenoxy) is 1. The summed E-state index contributed by atoms with van der Waals surface area (Å²) in [6.45, 7) is 7.79. The molecule has 1 heterocycles. The van der Waals surface area contributed by atoms with Gasteiger partial charge in [0.1, 0.15) is 11.5 Å². The van der Waals surface area contributed by atoms with Crippen LogP contribution in [-0.2, 0) is 0 Å². The second-order valence-corrected chi connectivity index (χ2v) is 5.72. The van der Waals surface area contributed by atoms with Gasteiger partial charge in [0.15, 0.2) is 0 Å². The highest BCUT2D eigenvalue weighted by Gasteiger charge is 2.17. The van der Waals surface area contributed by atoms with Crippen LogP contribution in [0.3, 0.4) is 0 Å². The molecule has 0 saturated carbocycles. The molecule has 1 aliphatic heterocycles. The number of phenols is 1. The van der Waals surface area contributed by atoms with Crippen molar-refractivity contribution < 1.29 is 9.84 Å². The maximum Gasteiger partial charge on any atom is 0.124 e. The number of benzene rings is 1. The Labute approximate surface area is 121 Å². The molecule has 1 aliphatic rings. The zero-order valence-corrected chi connectivity index (χ0v) is 12.7. The molecule has 20 heavy (non-hydrogen) atoms. The van der Waals surface area contributed by atoms with E-state index < -0.39 is 0 Å².